The lowest BCUT2D eigenvalue weighted by Crippen LogP contribution is -2.31. The number of anilines is 1. The van der Waals surface area contributed by atoms with Crippen LogP contribution in [0.1, 0.15) is 33.1 Å². The Bertz CT molecular complexity index is 429. The molecule has 0 spiro atoms. The molecule has 6 heteroatoms. The van der Waals surface area contributed by atoms with Gasteiger partial charge >= 0.3 is 0 Å². The van der Waals surface area contributed by atoms with Crippen molar-refractivity contribution in [3.8, 4) is 5.88 Å². The number of ether oxygens (including phenoxy) is 1. The van der Waals surface area contributed by atoms with Crippen LogP contribution in [-0.2, 0) is 0 Å². The third-order valence-corrected chi connectivity index (χ3v) is 3.30. The summed E-state index contributed by atoms with van der Waals surface area (Å²) in [6.07, 6.45) is 4.64. The van der Waals surface area contributed by atoms with E-state index in [2.05, 4.69) is 15.5 Å². The molecule has 6 nitrogen and oxygen atoms in total. The summed E-state index contributed by atoms with van der Waals surface area (Å²) in [5.74, 6) is 0.890. The Morgan fingerprint density at radius 2 is 2.20 bits per heavy atom. The van der Waals surface area contributed by atoms with Crippen LogP contribution in [0.3, 0.4) is 0 Å². The van der Waals surface area contributed by atoms with Crippen LogP contribution >= 0.6 is 0 Å². The molecule has 0 radical (unpaired) electrons. The summed E-state index contributed by atoms with van der Waals surface area (Å²) in [5, 5.41) is 15.1. The number of hydrogen-bond acceptors (Lipinski definition) is 5. The van der Waals surface area contributed by atoms with Gasteiger partial charge in [-0.05, 0) is 18.9 Å². The number of nitrogens with one attached hydrogen (secondary N) is 1. The first-order chi connectivity index (χ1) is 9.49. The van der Waals surface area contributed by atoms with Gasteiger partial charge in [-0.1, -0.05) is 25.4 Å². The van der Waals surface area contributed by atoms with Gasteiger partial charge in [0.15, 0.2) is 0 Å². The Kier molecular flexibility index (Phi) is 6.09. The Morgan fingerprint density at radius 1 is 1.45 bits per heavy atom. The van der Waals surface area contributed by atoms with Crippen LogP contribution in [0.4, 0.5) is 5.69 Å². The van der Waals surface area contributed by atoms with Gasteiger partial charge in [0.05, 0.1) is 19.0 Å². The van der Waals surface area contributed by atoms with Crippen molar-refractivity contribution in [2.75, 3.05) is 19.0 Å². The first-order valence-electron chi connectivity index (χ1n) is 6.71. The van der Waals surface area contributed by atoms with Crippen LogP contribution in [0.25, 0.3) is 0 Å². The van der Waals surface area contributed by atoms with Crippen molar-refractivity contribution in [2.45, 2.75) is 33.1 Å². The Balaban J connectivity index is 2.25. The van der Waals surface area contributed by atoms with Gasteiger partial charge in [-0.2, -0.15) is 0 Å². The number of amidine groups is 1. The van der Waals surface area contributed by atoms with Crippen LogP contribution in [0.15, 0.2) is 23.5 Å². The molecule has 0 aliphatic heterocycles. The predicted molar refractivity (Wildman–Crippen MR) is 80.3 cm³/mol. The summed E-state index contributed by atoms with van der Waals surface area (Å²) in [7, 11) is 1.60. The van der Waals surface area contributed by atoms with Crippen molar-refractivity contribution in [3.63, 3.8) is 0 Å². The van der Waals surface area contributed by atoms with E-state index in [1.807, 2.05) is 26.0 Å². The molecule has 0 saturated heterocycles. The van der Waals surface area contributed by atoms with Crippen molar-refractivity contribution in [2.24, 2.45) is 16.3 Å². The first kappa shape index (κ1) is 16.1. The summed E-state index contributed by atoms with van der Waals surface area (Å²) in [6, 6.07) is 3.76. The molecule has 4 N–H and O–H groups in total. The summed E-state index contributed by atoms with van der Waals surface area (Å²) >= 11 is 0. The fraction of sp³-hybridized carbons (Fsp3) is 0.571. The standard InChI is InChI=1S/C14H24N4O2/c1-14(2,13(15)18-19)8-4-5-9-16-11-6-7-12(20-3)17-10-11/h6-7,10,16,19H,4-5,8-9H2,1-3H3,(H2,15,18). The van der Waals surface area contributed by atoms with Crippen molar-refractivity contribution in [3.05, 3.63) is 18.3 Å². The van der Waals surface area contributed by atoms with Gasteiger partial charge in [-0.15, -0.1) is 0 Å². The highest BCUT2D eigenvalue weighted by molar-refractivity contribution is 5.85. The fourth-order valence-electron chi connectivity index (χ4n) is 1.79. The lowest BCUT2D eigenvalue weighted by Gasteiger charge is -2.22. The topological polar surface area (TPSA) is 92.8 Å². The summed E-state index contributed by atoms with van der Waals surface area (Å²) < 4.78 is 5.00. The minimum absolute atomic E-state index is 0.267. The quantitative estimate of drug-likeness (QED) is 0.224. The van der Waals surface area contributed by atoms with E-state index >= 15 is 0 Å². The van der Waals surface area contributed by atoms with Gasteiger partial charge in [0.1, 0.15) is 5.84 Å². The van der Waals surface area contributed by atoms with Crippen LogP contribution < -0.4 is 15.8 Å². The van der Waals surface area contributed by atoms with E-state index in [0.717, 1.165) is 31.5 Å². The SMILES string of the molecule is COc1ccc(NCCCCC(C)(C)/C(N)=N/O)cn1. The minimum Gasteiger partial charge on any atom is -0.481 e. The zero-order valence-corrected chi connectivity index (χ0v) is 12.4. The van der Waals surface area contributed by atoms with Crippen molar-refractivity contribution < 1.29 is 9.94 Å². The maximum atomic E-state index is 8.70. The smallest absolute Gasteiger partial charge is 0.213 e. The number of methoxy groups -OCH3 is 1. The molecule has 112 valence electrons. The fourth-order valence-corrected chi connectivity index (χ4v) is 1.79. The maximum Gasteiger partial charge on any atom is 0.213 e. The van der Waals surface area contributed by atoms with E-state index in [0.29, 0.717) is 5.88 Å². The number of nitrogens with two attached hydrogens (primary N) is 1. The normalized spacial score (nSPS) is 12.2. The highest BCUT2D eigenvalue weighted by atomic mass is 16.5. The zero-order chi connectivity index (χ0) is 15.0. The number of unbranched alkanes of at least 4 members (excludes halogenated alkanes) is 1. The van der Waals surface area contributed by atoms with E-state index in [9.17, 15) is 0 Å². The second kappa shape index (κ2) is 7.57. The Labute approximate surface area is 120 Å². The van der Waals surface area contributed by atoms with E-state index in [1.54, 1.807) is 13.3 Å². The Morgan fingerprint density at radius 3 is 2.75 bits per heavy atom. The lowest BCUT2D eigenvalue weighted by atomic mass is 9.86. The third-order valence-electron chi connectivity index (χ3n) is 3.30. The van der Waals surface area contributed by atoms with Gasteiger partial charge in [-0.3, -0.25) is 0 Å². The van der Waals surface area contributed by atoms with Gasteiger partial charge in [0.2, 0.25) is 5.88 Å². The molecule has 0 bridgehead atoms. The van der Waals surface area contributed by atoms with Crippen molar-refractivity contribution in [1.82, 2.24) is 4.98 Å². The van der Waals surface area contributed by atoms with Crippen LogP contribution in [0, 0.1) is 5.41 Å². The first-order valence-corrected chi connectivity index (χ1v) is 6.71. The highest BCUT2D eigenvalue weighted by Crippen LogP contribution is 2.23. The lowest BCUT2D eigenvalue weighted by molar-refractivity contribution is 0.304. The van der Waals surface area contributed by atoms with E-state index in [1.165, 1.54) is 0 Å². The number of aromatic nitrogens is 1. The summed E-state index contributed by atoms with van der Waals surface area (Å²) in [6.45, 7) is 4.81. The largest absolute Gasteiger partial charge is 0.481 e. The third kappa shape index (κ3) is 4.95. The molecular formula is C14H24N4O2. The average molecular weight is 280 g/mol. The molecule has 1 heterocycles. The van der Waals surface area contributed by atoms with Crippen LogP contribution in [-0.4, -0.2) is 29.7 Å². The van der Waals surface area contributed by atoms with E-state index in [-0.39, 0.29) is 11.3 Å². The predicted octanol–water partition coefficient (Wildman–Crippen LogP) is 2.44. The summed E-state index contributed by atoms with van der Waals surface area (Å²) in [5.41, 5.74) is 6.35. The van der Waals surface area contributed by atoms with Gasteiger partial charge in [0.25, 0.3) is 0 Å². The van der Waals surface area contributed by atoms with Crippen LogP contribution in [0.2, 0.25) is 0 Å². The van der Waals surface area contributed by atoms with Gasteiger partial charge < -0.3 is 21.0 Å². The van der Waals surface area contributed by atoms with Gasteiger partial charge in [0, 0.05) is 18.0 Å². The maximum absolute atomic E-state index is 8.70. The van der Waals surface area contributed by atoms with Crippen molar-refractivity contribution >= 4 is 11.5 Å². The molecule has 0 fully saturated rings. The molecule has 0 aromatic carbocycles. The molecule has 1 aromatic heterocycles. The molecule has 1 rings (SSSR count). The Hall–Kier alpha value is -1.98. The molecule has 0 unspecified atom stereocenters. The molecule has 0 aliphatic carbocycles. The molecule has 0 aliphatic rings. The zero-order valence-electron chi connectivity index (χ0n) is 12.4. The highest BCUT2D eigenvalue weighted by Gasteiger charge is 2.22. The molecule has 0 saturated carbocycles. The number of hydrogen-bond donors (Lipinski definition) is 3. The monoisotopic (exact) mass is 280 g/mol. The van der Waals surface area contributed by atoms with Crippen molar-refractivity contribution in [1.29, 1.82) is 0 Å². The molecule has 0 amide bonds. The number of pyridine rings is 1. The molecule has 0 atom stereocenters. The number of rotatable bonds is 8. The van der Waals surface area contributed by atoms with Crippen LogP contribution in [0.5, 0.6) is 5.88 Å². The molecule has 20 heavy (non-hydrogen) atoms. The molecular weight excluding hydrogens is 256 g/mol. The average Bonchev–Trinajstić information content (AvgIpc) is 2.46. The van der Waals surface area contributed by atoms with Gasteiger partial charge in [-0.25, -0.2) is 4.98 Å². The van der Waals surface area contributed by atoms with E-state index in [4.69, 9.17) is 15.7 Å². The second-order valence-electron chi connectivity index (χ2n) is 5.34. The molecule has 1 aromatic rings. The van der Waals surface area contributed by atoms with E-state index < -0.39 is 0 Å². The minimum atomic E-state index is -0.267. The summed E-state index contributed by atoms with van der Waals surface area (Å²) in [4.78, 5) is 4.12. The second-order valence-corrected chi connectivity index (χ2v) is 5.34. The number of nitrogens with zero attached hydrogens (tertiary/aromatic N) is 2. The number of oxime groups is 1.